The maximum atomic E-state index is 13.6. The number of aromatic nitrogens is 1. The zero-order valence-corrected chi connectivity index (χ0v) is 19.1. The molecule has 0 saturated carbocycles. The lowest BCUT2D eigenvalue weighted by Crippen LogP contribution is -2.36. The topological polar surface area (TPSA) is 72.6 Å². The molecule has 0 spiro atoms. The highest BCUT2D eigenvalue weighted by molar-refractivity contribution is 7.91. The monoisotopic (exact) mass is 478 g/mol. The van der Waals surface area contributed by atoms with Crippen LogP contribution >= 0.6 is 0 Å². The van der Waals surface area contributed by atoms with Crippen molar-refractivity contribution < 1.29 is 22.0 Å². The molecule has 0 atom stereocenters. The van der Waals surface area contributed by atoms with Crippen LogP contribution in [0.1, 0.15) is 22.9 Å². The molecule has 1 aliphatic rings. The number of hydrogen-bond donors (Lipinski definition) is 0. The first-order chi connectivity index (χ1) is 16.5. The highest BCUT2D eigenvalue weighted by atomic mass is 32.2. The molecule has 6 nitrogen and oxygen atoms in total. The van der Waals surface area contributed by atoms with E-state index in [4.69, 9.17) is 9.15 Å². The summed E-state index contributed by atoms with van der Waals surface area (Å²) in [6.45, 7) is 1.85. The third-order valence-electron chi connectivity index (χ3n) is 5.79. The van der Waals surface area contributed by atoms with Gasteiger partial charge in [0.2, 0.25) is 26.6 Å². The van der Waals surface area contributed by atoms with Crippen LogP contribution in [0.2, 0.25) is 0 Å². The third kappa shape index (κ3) is 4.34. The molecule has 0 radical (unpaired) electrons. The minimum atomic E-state index is -4.07. The van der Waals surface area contributed by atoms with E-state index in [0.717, 1.165) is 23.3 Å². The number of oxazole rings is 1. The Morgan fingerprint density at radius 3 is 1.94 bits per heavy atom. The maximum absolute atomic E-state index is 13.6. The Labute approximate surface area is 197 Å². The standard InChI is InChI=1S/C26H23FN2O4S/c27-21-11-13-22(14-12-21)34(30,31)25-26(29-15-17-32-18-16-29)33-24(28-25)23(19-7-3-1-4-8-19)20-9-5-2-6-10-20/h1-14,23H,15-18H2. The summed E-state index contributed by atoms with van der Waals surface area (Å²) in [5, 5.41) is -0.173. The van der Waals surface area contributed by atoms with E-state index in [-0.39, 0.29) is 21.7 Å². The molecule has 34 heavy (non-hydrogen) atoms. The number of morpholine rings is 1. The molecule has 5 rings (SSSR count). The normalized spacial score (nSPS) is 14.5. The molecule has 0 amide bonds. The molecular weight excluding hydrogens is 455 g/mol. The fourth-order valence-electron chi connectivity index (χ4n) is 4.07. The number of rotatable bonds is 6. The van der Waals surface area contributed by atoms with Crippen molar-refractivity contribution in [3.05, 3.63) is 108 Å². The first-order valence-electron chi connectivity index (χ1n) is 11.0. The summed E-state index contributed by atoms with van der Waals surface area (Å²) < 4.78 is 52.4. The average molecular weight is 479 g/mol. The van der Waals surface area contributed by atoms with Crippen molar-refractivity contribution in [2.75, 3.05) is 31.2 Å². The van der Waals surface area contributed by atoms with Gasteiger partial charge >= 0.3 is 0 Å². The summed E-state index contributed by atoms with van der Waals surface area (Å²) in [6, 6.07) is 24.1. The van der Waals surface area contributed by atoms with Crippen molar-refractivity contribution in [2.24, 2.45) is 0 Å². The van der Waals surface area contributed by atoms with E-state index in [1.54, 1.807) is 0 Å². The quantitative estimate of drug-likeness (QED) is 0.375. The van der Waals surface area contributed by atoms with Crippen molar-refractivity contribution in [1.82, 2.24) is 4.98 Å². The molecular formula is C26H23FN2O4S. The van der Waals surface area contributed by atoms with Crippen LogP contribution in [0.25, 0.3) is 0 Å². The summed E-state index contributed by atoms with van der Waals surface area (Å²) in [4.78, 5) is 6.37. The van der Waals surface area contributed by atoms with Gasteiger partial charge in [-0.2, -0.15) is 4.98 Å². The molecule has 8 heteroatoms. The van der Waals surface area contributed by atoms with Gasteiger partial charge in [-0.1, -0.05) is 60.7 Å². The summed E-state index contributed by atoms with van der Waals surface area (Å²) >= 11 is 0. The molecule has 2 heterocycles. The van der Waals surface area contributed by atoms with Crippen LogP contribution in [0.5, 0.6) is 0 Å². The fraction of sp³-hybridized carbons (Fsp3) is 0.192. The summed E-state index contributed by atoms with van der Waals surface area (Å²) in [6.07, 6.45) is 0. The van der Waals surface area contributed by atoms with Gasteiger partial charge in [-0.3, -0.25) is 0 Å². The van der Waals surface area contributed by atoms with Crippen LogP contribution in [-0.2, 0) is 14.6 Å². The van der Waals surface area contributed by atoms with Gasteiger partial charge in [0.1, 0.15) is 5.82 Å². The highest BCUT2D eigenvalue weighted by Crippen LogP contribution is 2.38. The van der Waals surface area contributed by atoms with Gasteiger partial charge < -0.3 is 14.1 Å². The summed E-state index contributed by atoms with van der Waals surface area (Å²) in [5.74, 6) is -0.458. The lowest BCUT2D eigenvalue weighted by molar-refractivity contribution is 0.120. The van der Waals surface area contributed by atoms with Crippen LogP contribution in [0.15, 0.2) is 99.3 Å². The minimum Gasteiger partial charge on any atom is -0.423 e. The fourth-order valence-corrected chi connectivity index (χ4v) is 5.40. The van der Waals surface area contributed by atoms with Crippen molar-refractivity contribution in [2.45, 2.75) is 15.8 Å². The lowest BCUT2D eigenvalue weighted by atomic mass is 9.91. The van der Waals surface area contributed by atoms with Crippen LogP contribution in [-0.4, -0.2) is 39.7 Å². The smallest absolute Gasteiger partial charge is 0.236 e. The summed E-state index contributed by atoms with van der Waals surface area (Å²) in [7, 11) is -4.07. The zero-order valence-electron chi connectivity index (χ0n) is 18.3. The summed E-state index contributed by atoms with van der Waals surface area (Å²) in [5.41, 5.74) is 1.85. The highest BCUT2D eigenvalue weighted by Gasteiger charge is 2.34. The molecule has 1 saturated heterocycles. The molecule has 174 valence electrons. The third-order valence-corrected chi connectivity index (χ3v) is 7.45. The molecule has 1 fully saturated rings. The van der Waals surface area contributed by atoms with Gasteiger partial charge in [0.25, 0.3) is 0 Å². The van der Waals surface area contributed by atoms with Crippen LogP contribution in [0, 0.1) is 5.82 Å². The Bertz CT molecular complexity index is 1310. The molecule has 4 aromatic rings. The van der Waals surface area contributed by atoms with E-state index < -0.39 is 21.6 Å². The first kappa shape index (κ1) is 22.3. The predicted octanol–water partition coefficient (Wildman–Crippen LogP) is 4.66. The van der Waals surface area contributed by atoms with E-state index in [9.17, 15) is 12.8 Å². The van der Waals surface area contributed by atoms with E-state index in [2.05, 4.69) is 4.98 Å². The van der Waals surface area contributed by atoms with Crippen molar-refractivity contribution >= 4 is 15.7 Å². The maximum Gasteiger partial charge on any atom is 0.236 e. The largest absolute Gasteiger partial charge is 0.423 e. The molecule has 0 bridgehead atoms. The van der Waals surface area contributed by atoms with Gasteiger partial charge in [0.15, 0.2) is 0 Å². The van der Waals surface area contributed by atoms with Crippen molar-refractivity contribution in [3.63, 3.8) is 0 Å². The van der Waals surface area contributed by atoms with E-state index in [1.807, 2.05) is 65.6 Å². The van der Waals surface area contributed by atoms with Gasteiger partial charge in [0.05, 0.1) is 24.0 Å². The Balaban J connectivity index is 1.69. The molecule has 0 unspecified atom stereocenters. The van der Waals surface area contributed by atoms with Crippen LogP contribution < -0.4 is 4.90 Å². The average Bonchev–Trinajstić information content (AvgIpc) is 3.32. The minimum absolute atomic E-state index is 0.0424. The molecule has 1 aliphatic heterocycles. The van der Waals surface area contributed by atoms with Crippen molar-refractivity contribution in [1.29, 1.82) is 0 Å². The number of nitrogens with zero attached hydrogens (tertiary/aromatic N) is 2. The van der Waals surface area contributed by atoms with E-state index in [1.165, 1.54) is 12.1 Å². The second-order valence-corrected chi connectivity index (χ2v) is 9.84. The van der Waals surface area contributed by atoms with E-state index >= 15 is 0 Å². The van der Waals surface area contributed by atoms with Gasteiger partial charge in [-0.25, -0.2) is 12.8 Å². The lowest BCUT2D eigenvalue weighted by Gasteiger charge is -2.26. The first-order valence-corrected chi connectivity index (χ1v) is 12.5. The van der Waals surface area contributed by atoms with E-state index in [0.29, 0.717) is 26.3 Å². The van der Waals surface area contributed by atoms with Gasteiger partial charge in [0, 0.05) is 13.1 Å². The second kappa shape index (κ2) is 9.40. The molecule has 3 aromatic carbocycles. The number of anilines is 1. The van der Waals surface area contributed by atoms with Gasteiger partial charge in [-0.15, -0.1) is 0 Å². The number of benzene rings is 3. The number of halogens is 1. The Morgan fingerprint density at radius 1 is 0.824 bits per heavy atom. The van der Waals surface area contributed by atoms with Crippen molar-refractivity contribution in [3.8, 4) is 0 Å². The van der Waals surface area contributed by atoms with Crippen LogP contribution in [0.3, 0.4) is 0 Å². The Kier molecular flexibility index (Phi) is 6.17. The number of hydrogen-bond acceptors (Lipinski definition) is 6. The zero-order chi connectivity index (χ0) is 23.5. The molecule has 0 N–H and O–H groups in total. The second-order valence-electron chi connectivity index (χ2n) is 7.97. The predicted molar refractivity (Wildman–Crippen MR) is 125 cm³/mol. The Hall–Kier alpha value is -3.49. The SMILES string of the molecule is O=S(=O)(c1ccc(F)cc1)c1nc(C(c2ccccc2)c2ccccc2)oc1N1CCOCC1. The molecule has 1 aromatic heterocycles. The number of sulfone groups is 1. The van der Waals surface area contributed by atoms with Gasteiger partial charge in [-0.05, 0) is 35.4 Å². The molecule has 0 aliphatic carbocycles. The van der Waals surface area contributed by atoms with Crippen LogP contribution in [0.4, 0.5) is 10.3 Å². The Morgan fingerprint density at radius 2 is 1.38 bits per heavy atom. The number of ether oxygens (including phenoxy) is 1.